The SMILES string of the molecule is CC(C)CN(CCC(=O)c1ccc(N)cc1)CC(C)C. The number of ketones is 1. The molecule has 20 heavy (non-hydrogen) atoms. The highest BCUT2D eigenvalue weighted by Gasteiger charge is 2.12. The molecule has 3 nitrogen and oxygen atoms in total. The van der Waals surface area contributed by atoms with Gasteiger partial charge in [-0.2, -0.15) is 0 Å². The number of carbonyl (C=O) groups is 1. The Balaban J connectivity index is 2.53. The van der Waals surface area contributed by atoms with Crippen LogP contribution in [0.25, 0.3) is 0 Å². The van der Waals surface area contributed by atoms with Gasteiger partial charge in [-0.1, -0.05) is 27.7 Å². The molecule has 0 fully saturated rings. The van der Waals surface area contributed by atoms with E-state index in [2.05, 4.69) is 32.6 Å². The second-order valence-corrected chi connectivity index (χ2v) is 6.34. The van der Waals surface area contributed by atoms with Crippen LogP contribution >= 0.6 is 0 Å². The third kappa shape index (κ3) is 6.20. The Kier molecular flexibility index (Phi) is 6.73. The molecule has 0 saturated heterocycles. The smallest absolute Gasteiger partial charge is 0.164 e. The van der Waals surface area contributed by atoms with Crippen molar-refractivity contribution in [3.8, 4) is 0 Å². The third-order valence-corrected chi connectivity index (χ3v) is 3.13. The van der Waals surface area contributed by atoms with E-state index >= 15 is 0 Å². The fourth-order valence-corrected chi connectivity index (χ4v) is 2.36. The normalized spacial score (nSPS) is 11.6. The van der Waals surface area contributed by atoms with Crippen LogP contribution in [0.15, 0.2) is 24.3 Å². The molecule has 1 aromatic carbocycles. The zero-order valence-corrected chi connectivity index (χ0v) is 13.2. The molecule has 1 rings (SSSR count). The van der Waals surface area contributed by atoms with Gasteiger partial charge in [0.25, 0.3) is 0 Å². The summed E-state index contributed by atoms with van der Waals surface area (Å²) in [7, 11) is 0. The van der Waals surface area contributed by atoms with Crippen LogP contribution in [0.2, 0.25) is 0 Å². The number of benzene rings is 1. The van der Waals surface area contributed by atoms with Crippen molar-refractivity contribution < 1.29 is 4.79 Å². The van der Waals surface area contributed by atoms with Gasteiger partial charge in [0.2, 0.25) is 0 Å². The number of hydrogen-bond acceptors (Lipinski definition) is 3. The summed E-state index contributed by atoms with van der Waals surface area (Å²) in [5.74, 6) is 1.45. The number of rotatable bonds is 8. The minimum atomic E-state index is 0.197. The minimum absolute atomic E-state index is 0.197. The maximum absolute atomic E-state index is 12.2. The lowest BCUT2D eigenvalue weighted by Gasteiger charge is -2.25. The first-order valence-corrected chi connectivity index (χ1v) is 7.49. The predicted molar refractivity (Wildman–Crippen MR) is 85.9 cm³/mol. The third-order valence-electron chi connectivity index (χ3n) is 3.13. The number of nitrogens with two attached hydrogens (primary N) is 1. The van der Waals surface area contributed by atoms with Crippen molar-refractivity contribution in [2.75, 3.05) is 25.4 Å². The van der Waals surface area contributed by atoms with E-state index in [9.17, 15) is 4.79 Å². The van der Waals surface area contributed by atoms with Crippen molar-refractivity contribution in [2.24, 2.45) is 11.8 Å². The molecule has 0 spiro atoms. The lowest BCUT2D eigenvalue weighted by Crippen LogP contribution is -2.33. The minimum Gasteiger partial charge on any atom is -0.399 e. The van der Waals surface area contributed by atoms with E-state index in [1.807, 2.05) is 12.1 Å². The molecule has 0 heterocycles. The van der Waals surface area contributed by atoms with E-state index in [0.29, 0.717) is 23.9 Å². The number of hydrogen-bond donors (Lipinski definition) is 1. The van der Waals surface area contributed by atoms with Crippen molar-refractivity contribution in [3.05, 3.63) is 29.8 Å². The Morgan fingerprint density at radius 3 is 2.00 bits per heavy atom. The van der Waals surface area contributed by atoms with Gasteiger partial charge in [-0.3, -0.25) is 4.79 Å². The van der Waals surface area contributed by atoms with E-state index in [1.54, 1.807) is 12.1 Å². The van der Waals surface area contributed by atoms with Crippen LogP contribution in [0.4, 0.5) is 5.69 Å². The molecule has 0 unspecified atom stereocenters. The Labute approximate surface area is 123 Å². The van der Waals surface area contributed by atoms with E-state index in [0.717, 1.165) is 25.2 Å². The molecule has 0 bridgehead atoms. The molecule has 0 aromatic heterocycles. The van der Waals surface area contributed by atoms with Crippen LogP contribution < -0.4 is 5.73 Å². The summed E-state index contributed by atoms with van der Waals surface area (Å²) in [6.45, 7) is 11.8. The number of nitrogens with zero attached hydrogens (tertiary/aromatic N) is 1. The molecule has 112 valence electrons. The van der Waals surface area contributed by atoms with E-state index < -0.39 is 0 Å². The quantitative estimate of drug-likeness (QED) is 0.584. The van der Waals surface area contributed by atoms with Crippen LogP contribution in [0, 0.1) is 11.8 Å². The standard InChI is InChI=1S/C17H28N2O/c1-13(2)11-19(12-14(3)4)10-9-17(20)15-5-7-16(18)8-6-15/h5-8,13-14H,9-12,18H2,1-4H3. The first-order chi connectivity index (χ1) is 9.38. The number of nitrogen functional groups attached to an aromatic ring is 1. The van der Waals surface area contributed by atoms with Gasteiger partial charge in [0, 0.05) is 37.3 Å². The van der Waals surface area contributed by atoms with Gasteiger partial charge >= 0.3 is 0 Å². The monoisotopic (exact) mass is 276 g/mol. The van der Waals surface area contributed by atoms with E-state index in [1.165, 1.54) is 0 Å². The summed E-state index contributed by atoms with van der Waals surface area (Å²) in [6, 6.07) is 7.19. The lowest BCUT2D eigenvalue weighted by atomic mass is 10.1. The van der Waals surface area contributed by atoms with Crippen molar-refractivity contribution >= 4 is 11.5 Å². The molecule has 0 atom stereocenters. The topological polar surface area (TPSA) is 46.3 Å². The Hall–Kier alpha value is -1.35. The van der Waals surface area contributed by atoms with Gasteiger partial charge in [-0.05, 0) is 36.1 Å². The summed E-state index contributed by atoms with van der Waals surface area (Å²) < 4.78 is 0. The number of Topliss-reactive ketones (excluding diaryl/α,β-unsaturated/α-hetero) is 1. The summed E-state index contributed by atoms with van der Waals surface area (Å²) in [5.41, 5.74) is 7.09. The average Bonchev–Trinajstić information content (AvgIpc) is 2.35. The fourth-order valence-electron chi connectivity index (χ4n) is 2.36. The molecule has 1 aromatic rings. The molecule has 3 heteroatoms. The summed E-state index contributed by atoms with van der Waals surface area (Å²) in [5, 5.41) is 0. The van der Waals surface area contributed by atoms with Gasteiger partial charge < -0.3 is 10.6 Å². The maximum atomic E-state index is 12.2. The fraction of sp³-hybridized carbons (Fsp3) is 0.588. The van der Waals surface area contributed by atoms with Crippen molar-refractivity contribution in [1.29, 1.82) is 0 Å². The maximum Gasteiger partial charge on any atom is 0.164 e. The molecule has 0 radical (unpaired) electrons. The molecule has 0 aliphatic rings. The van der Waals surface area contributed by atoms with Crippen LogP contribution in [0.5, 0.6) is 0 Å². The van der Waals surface area contributed by atoms with E-state index in [4.69, 9.17) is 5.73 Å². The first-order valence-electron chi connectivity index (χ1n) is 7.49. The Morgan fingerprint density at radius 2 is 1.55 bits per heavy atom. The highest BCUT2D eigenvalue weighted by atomic mass is 16.1. The van der Waals surface area contributed by atoms with Crippen molar-refractivity contribution in [3.63, 3.8) is 0 Å². The molecule has 0 saturated carbocycles. The summed E-state index contributed by atoms with van der Waals surface area (Å²) in [6.07, 6.45) is 0.573. The zero-order chi connectivity index (χ0) is 15.1. The molecular weight excluding hydrogens is 248 g/mol. The van der Waals surface area contributed by atoms with Crippen LogP contribution in [-0.2, 0) is 0 Å². The summed E-state index contributed by atoms with van der Waals surface area (Å²) in [4.78, 5) is 14.6. The van der Waals surface area contributed by atoms with Crippen molar-refractivity contribution in [1.82, 2.24) is 4.90 Å². The molecular formula is C17H28N2O. The largest absolute Gasteiger partial charge is 0.399 e. The Morgan fingerprint density at radius 1 is 1.05 bits per heavy atom. The summed E-state index contributed by atoms with van der Waals surface area (Å²) >= 11 is 0. The van der Waals surface area contributed by atoms with Gasteiger partial charge in [-0.25, -0.2) is 0 Å². The Bertz CT molecular complexity index is 400. The van der Waals surface area contributed by atoms with Gasteiger partial charge in [-0.15, -0.1) is 0 Å². The second kappa shape index (κ2) is 8.05. The highest BCUT2D eigenvalue weighted by Crippen LogP contribution is 2.10. The molecule has 0 aliphatic heterocycles. The van der Waals surface area contributed by atoms with Crippen LogP contribution in [0.1, 0.15) is 44.5 Å². The first kappa shape index (κ1) is 16.7. The zero-order valence-electron chi connectivity index (χ0n) is 13.2. The van der Waals surface area contributed by atoms with Crippen LogP contribution in [0.3, 0.4) is 0 Å². The van der Waals surface area contributed by atoms with Crippen LogP contribution in [-0.4, -0.2) is 30.3 Å². The van der Waals surface area contributed by atoms with Gasteiger partial charge in [0.1, 0.15) is 0 Å². The van der Waals surface area contributed by atoms with Crippen molar-refractivity contribution in [2.45, 2.75) is 34.1 Å². The molecule has 0 amide bonds. The molecule has 2 N–H and O–H groups in total. The number of carbonyl (C=O) groups excluding carboxylic acids is 1. The lowest BCUT2D eigenvalue weighted by molar-refractivity contribution is 0.0956. The van der Waals surface area contributed by atoms with E-state index in [-0.39, 0.29) is 5.78 Å². The van der Waals surface area contributed by atoms with Gasteiger partial charge in [0.05, 0.1) is 0 Å². The average molecular weight is 276 g/mol. The predicted octanol–water partition coefficient (Wildman–Crippen LogP) is 3.46. The number of anilines is 1. The second-order valence-electron chi connectivity index (χ2n) is 6.34. The molecule has 0 aliphatic carbocycles. The van der Waals surface area contributed by atoms with Gasteiger partial charge in [0.15, 0.2) is 5.78 Å². The highest BCUT2D eigenvalue weighted by molar-refractivity contribution is 5.96.